The minimum absolute atomic E-state index is 0.563. The van der Waals surface area contributed by atoms with Gasteiger partial charge in [-0.05, 0) is 37.0 Å². The number of hydrogen-bond acceptors (Lipinski definition) is 1. The van der Waals surface area contributed by atoms with Crippen LogP contribution in [0.15, 0.2) is 79.1 Å². The lowest BCUT2D eigenvalue weighted by Crippen LogP contribution is -2.00. The fourth-order valence-corrected chi connectivity index (χ4v) is 2.07. The van der Waals surface area contributed by atoms with Crippen molar-refractivity contribution in [3.05, 3.63) is 90.2 Å². The van der Waals surface area contributed by atoms with Gasteiger partial charge < -0.3 is 5.73 Å². The minimum atomic E-state index is 0.563. The number of allylic oxidation sites excluding steroid dienone is 5. The summed E-state index contributed by atoms with van der Waals surface area (Å²) in [5.74, 6) is 0. The molecule has 0 fully saturated rings. The van der Waals surface area contributed by atoms with Crippen LogP contribution in [-0.4, -0.2) is 0 Å². The van der Waals surface area contributed by atoms with E-state index in [0.717, 1.165) is 23.1 Å². The maximum atomic E-state index is 5.93. The molecule has 0 spiro atoms. The fraction of sp³-hybridized carbons (Fsp3) is 0.158. The van der Waals surface area contributed by atoms with E-state index in [-0.39, 0.29) is 0 Å². The molecule has 1 rings (SSSR count). The third-order valence-electron chi connectivity index (χ3n) is 3.19. The van der Waals surface area contributed by atoms with Gasteiger partial charge in [0.15, 0.2) is 0 Å². The standard InChI is InChI=1S/C19H23N/c1-6-9-14(2)12-13-19(17(5)20)16(4)18-11-8-7-10-15(18)3/h6-8,10-13H,1-2,5,9,20H2,3-4H3/b13-12-,19-16-. The number of benzene rings is 1. The van der Waals surface area contributed by atoms with Gasteiger partial charge in [-0.1, -0.05) is 61.2 Å². The van der Waals surface area contributed by atoms with E-state index in [2.05, 4.69) is 45.7 Å². The molecule has 0 aliphatic carbocycles. The predicted octanol–water partition coefficient (Wildman–Crippen LogP) is 4.93. The third kappa shape index (κ3) is 4.13. The molecular weight excluding hydrogens is 242 g/mol. The molecule has 0 unspecified atom stereocenters. The predicted molar refractivity (Wildman–Crippen MR) is 90.2 cm³/mol. The smallest absolute Gasteiger partial charge is 0.0317 e. The third-order valence-corrected chi connectivity index (χ3v) is 3.19. The highest BCUT2D eigenvalue weighted by molar-refractivity contribution is 5.75. The van der Waals surface area contributed by atoms with E-state index in [9.17, 15) is 0 Å². The van der Waals surface area contributed by atoms with Crippen LogP contribution in [0.1, 0.15) is 24.5 Å². The molecule has 1 nitrogen and oxygen atoms in total. The van der Waals surface area contributed by atoms with Gasteiger partial charge in [-0.15, -0.1) is 6.58 Å². The Hall–Kier alpha value is -2.28. The summed E-state index contributed by atoms with van der Waals surface area (Å²) in [4.78, 5) is 0. The highest BCUT2D eigenvalue weighted by Gasteiger charge is 2.06. The van der Waals surface area contributed by atoms with Crippen molar-refractivity contribution in [3.63, 3.8) is 0 Å². The van der Waals surface area contributed by atoms with Gasteiger partial charge in [-0.25, -0.2) is 0 Å². The molecule has 1 aromatic rings. The van der Waals surface area contributed by atoms with E-state index in [0.29, 0.717) is 5.70 Å². The monoisotopic (exact) mass is 265 g/mol. The average Bonchev–Trinajstić information content (AvgIpc) is 2.39. The first-order valence-electron chi connectivity index (χ1n) is 6.65. The van der Waals surface area contributed by atoms with E-state index in [1.807, 2.05) is 30.4 Å². The Morgan fingerprint density at radius 3 is 2.40 bits per heavy atom. The van der Waals surface area contributed by atoms with Crippen LogP contribution in [0.3, 0.4) is 0 Å². The first-order chi connectivity index (χ1) is 9.47. The second-order valence-corrected chi connectivity index (χ2v) is 4.86. The Balaban J connectivity index is 3.22. The molecule has 2 N–H and O–H groups in total. The molecule has 0 amide bonds. The second-order valence-electron chi connectivity index (χ2n) is 4.86. The Bertz CT molecular complexity index is 586. The molecule has 0 aliphatic rings. The topological polar surface area (TPSA) is 26.0 Å². The first-order valence-corrected chi connectivity index (χ1v) is 6.65. The van der Waals surface area contributed by atoms with Gasteiger partial charge in [0.1, 0.15) is 0 Å². The molecule has 0 bridgehead atoms. The highest BCUT2D eigenvalue weighted by Crippen LogP contribution is 2.25. The quantitative estimate of drug-likeness (QED) is 0.573. The van der Waals surface area contributed by atoms with Gasteiger partial charge >= 0.3 is 0 Å². The zero-order valence-electron chi connectivity index (χ0n) is 12.4. The summed E-state index contributed by atoms with van der Waals surface area (Å²) in [5, 5.41) is 0. The van der Waals surface area contributed by atoms with Crippen molar-refractivity contribution >= 4 is 5.57 Å². The largest absolute Gasteiger partial charge is 0.399 e. The minimum Gasteiger partial charge on any atom is -0.399 e. The van der Waals surface area contributed by atoms with Crippen LogP contribution in [0, 0.1) is 6.92 Å². The fourth-order valence-electron chi connectivity index (χ4n) is 2.07. The summed E-state index contributed by atoms with van der Waals surface area (Å²) in [6, 6.07) is 8.25. The van der Waals surface area contributed by atoms with Crippen molar-refractivity contribution in [2.45, 2.75) is 20.3 Å². The summed E-state index contributed by atoms with van der Waals surface area (Å²) in [6.07, 6.45) is 6.55. The molecule has 0 saturated carbocycles. The van der Waals surface area contributed by atoms with Crippen LogP contribution in [0.2, 0.25) is 0 Å². The molecule has 0 saturated heterocycles. The van der Waals surface area contributed by atoms with Crippen molar-refractivity contribution in [2.75, 3.05) is 0 Å². The Labute approximate surface area is 122 Å². The Kier molecular flexibility index (Phi) is 5.79. The molecular formula is C19H23N. The van der Waals surface area contributed by atoms with Crippen molar-refractivity contribution < 1.29 is 0 Å². The van der Waals surface area contributed by atoms with Crippen LogP contribution in [-0.2, 0) is 0 Å². The SMILES string of the molecule is C=CCC(=C)/C=C\C(C(=C)N)=C(/C)c1ccccc1C. The number of hydrogen-bond donors (Lipinski definition) is 1. The molecule has 0 aliphatic heterocycles. The van der Waals surface area contributed by atoms with Crippen molar-refractivity contribution in [2.24, 2.45) is 5.73 Å². The summed E-state index contributed by atoms with van der Waals surface area (Å²) in [6.45, 7) is 15.7. The molecule has 1 heteroatoms. The van der Waals surface area contributed by atoms with Crippen molar-refractivity contribution in [3.8, 4) is 0 Å². The van der Waals surface area contributed by atoms with E-state index in [1.165, 1.54) is 11.1 Å². The lowest BCUT2D eigenvalue weighted by atomic mass is 9.95. The van der Waals surface area contributed by atoms with Gasteiger partial charge in [0.25, 0.3) is 0 Å². The number of nitrogens with two attached hydrogens (primary N) is 1. The zero-order chi connectivity index (χ0) is 15.1. The molecule has 0 heterocycles. The summed E-state index contributed by atoms with van der Waals surface area (Å²) in [5.41, 5.74) is 12.0. The van der Waals surface area contributed by atoms with Gasteiger partial charge in [0.2, 0.25) is 0 Å². The number of aryl methyl sites for hydroxylation is 1. The van der Waals surface area contributed by atoms with E-state index >= 15 is 0 Å². The molecule has 0 atom stereocenters. The summed E-state index contributed by atoms with van der Waals surface area (Å²) in [7, 11) is 0. The van der Waals surface area contributed by atoms with Gasteiger partial charge in [0, 0.05) is 11.3 Å². The zero-order valence-corrected chi connectivity index (χ0v) is 12.4. The van der Waals surface area contributed by atoms with Crippen LogP contribution in [0.5, 0.6) is 0 Å². The molecule has 0 aromatic heterocycles. The maximum Gasteiger partial charge on any atom is 0.0317 e. The average molecular weight is 265 g/mol. The number of rotatable bonds is 6. The molecule has 1 aromatic carbocycles. The lowest BCUT2D eigenvalue weighted by molar-refractivity contribution is 1.29. The molecule has 0 radical (unpaired) electrons. The maximum absolute atomic E-state index is 5.93. The highest BCUT2D eigenvalue weighted by atomic mass is 14.6. The molecule has 20 heavy (non-hydrogen) atoms. The van der Waals surface area contributed by atoms with Crippen molar-refractivity contribution in [1.82, 2.24) is 0 Å². The van der Waals surface area contributed by atoms with Crippen LogP contribution >= 0.6 is 0 Å². The van der Waals surface area contributed by atoms with Crippen LogP contribution in [0.4, 0.5) is 0 Å². The van der Waals surface area contributed by atoms with Crippen molar-refractivity contribution in [1.29, 1.82) is 0 Å². The first kappa shape index (κ1) is 15.8. The van der Waals surface area contributed by atoms with Crippen LogP contribution in [0.25, 0.3) is 5.57 Å². The van der Waals surface area contributed by atoms with Gasteiger partial charge in [-0.2, -0.15) is 0 Å². The Morgan fingerprint density at radius 1 is 1.20 bits per heavy atom. The van der Waals surface area contributed by atoms with Gasteiger partial charge in [-0.3, -0.25) is 0 Å². The molecule has 104 valence electrons. The van der Waals surface area contributed by atoms with Gasteiger partial charge in [0.05, 0.1) is 0 Å². The van der Waals surface area contributed by atoms with E-state index in [4.69, 9.17) is 5.73 Å². The summed E-state index contributed by atoms with van der Waals surface area (Å²) < 4.78 is 0. The summed E-state index contributed by atoms with van der Waals surface area (Å²) >= 11 is 0. The second kappa shape index (κ2) is 7.34. The lowest BCUT2D eigenvalue weighted by Gasteiger charge is -2.11. The van der Waals surface area contributed by atoms with Crippen LogP contribution < -0.4 is 5.73 Å². The Morgan fingerprint density at radius 2 is 1.85 bits per heavy atom. The van der Waals surface area contributed by atoms with E-state index < -0.39 is 0 Å². The normalized spacial score (nSPS) is 12.1. The van der Waals surface area contributed by atoms with E-state index in [1.54, 1.807) is 0 Å².